The predicted octanol–water partition coefficient (Wildman–Crippen LogP) is 5.24. The maximum absolute atomic E-state index is 13.9. The zero-order chi connectivity index (χ0) is 39.0. The maximum Gasteiger partial charge on any atom is 0.253 e. The minimum atomic E-state index is -0.680. The molecule has 9 rings (SSSR count). The molecule has 57 heavy (non-hydrogen) atoms. The number of carbonyl (C=O) groups is 5. The summed E-state index contributed by atoms with van der Waals surface area (Å²) in [5, 5.41) is 9.60. The first-order valence-electron chi connectivity index (χ1n) is 20.6. The van der Waals surface area contributed by atoms with Crippen molar-refractivity contribution in [3.05, 3.63) is 143 Å². The molecule has 5 amide bonds. The van der Waals surface area contributed by atoms with Gasteiger partial charge in [0.2, 0.25) is 17.7 Å². The molecule has 10 nitrogen and oxygen atoms in total. The summed E-state index contributed by atoms with van der Waals surface area (Å²) in [6.07, 6.45) is 3.86. The Kier molecular flexibility index (Phi) is 10.1. The third-order valence-corrected chi connectivity index (χ3v) is 12.8. The van der Waals surface area contributed by atoms with E-state index in [1.807, 2.05) is 54.6 Å². The van der Waals surface area contributed by atoms with E-state index in [1.165, 1.54) is 16.7 Å². The lowest BCUT2D eigenvalue weighted by atomic mass is 9.94. The van der Waals surface area contributed by atoms with Gasteiger partial charge in [0.15, 0.2) is 0 Å². The van der Waals surface area contributed by atoms with Crippen LogP contribution in [0.15, 0.2) is 115 Å². The highest BCUT2D eigenvalue weighted by molar-refractivity contribution is 5.99. The van der Waals surface area contributed by atoms with Crippen molar-refractivity contribution in [2.24, 2.45) is 17.8 Å². The van der Waals surface area contributed by atoms with E-state index in [0.717, 1.165) is 19.3 Å². The van der Waals surface area contributed by atoms with Crippen molar-refractivity contribution in [2.45, 2.75) is 68.0 Å². The van der Waals surface area contributed by atoms with Crippen LogP contribution >= 0.6 is 0 Å². The van der Waals surface area contributed by atoms with E-state index in [9.17, 15) is 24.0 Å². The van der Waals surface area contributed by atoms with Gasteiger partial charge in [0.25, 0.3) is 11.8 Å². The Morgan fingerprint density at radius 3 is 1.18 bits per heavy atom. The molecule has 0 aromatic heterocycles. The molecular weight excluding hydrogens is 715 g/mol. The van der Waals surface area contributed by atoms with Crippen LogP contribution in [0.3, 0.4) is 0 Å². The predicted molar refractivity (Wildman–Crippen MR) is 215 cm³/mol. The second-order valence-corrected chi connectivity index (χ2v) is 16.7. The number of hydrogen-bond acceptors (Lipinski definition) is 5. The van der Waals surface area contributed by atoms with Crippen molar-refractivity contribution < 1.29 is 24.0 Å². The number of piperidine rings is 1. The molecule has 292 valence electrons. The molecule has 10 heteroatoms. The van der Waals surface area contributed by atoms with Gasteiger partial charge in [0.05, 0.1) is 11.8 Å². The number of rotatable bonds is 11. The van der Waals surface area contributed by atoms with E-state index in [2.05, 4.69) is 52.3 Å². The average Bonchev–Trinajstić information content (AvgIpc) is 4.22. The molecule has 2 aliphatic heterocycles. The van der Waals surface area contributed by atoms with Crippen LogP contribution in [-0.4, -0.2) is 83.6 Å². The van der Waals surface area contributed by atoms with E-state index in [-0.39, 0.29) is 78.5 Å². The molecule has 3 N–H and O–H groups in total. The van der Waals surface area contributed by atoms with Crippen molar-refractivity contribution in [3.8, 4) is 0 Å². The lowest BCUT2D eigenvalue weighted by molar-refractivity contribution is -0.133. The fraction of sp³-hybridized carbons (Fsp3) is 0.383. The molecule has 0 radical (unpaired) electrons. The van der Waals surface area contributed by atoms with Crippen LogP contribution in [0.25, 0.3) is 0 Å². The van der Waals surface area contributed by atoms with Crippen molar-refractivity contribution in [1.82, 2.24) is 25.8 Å². The van der Waals surface area contributed by atoms with Gasteiger partial charge in [-0.05, 0) is 73.1 Å². The van der Waals surface area contributed by atoms with Crippen LogP contribution in [0, 0.1) is 17.8 Å². The monoisotopic (exact) mass is 763 g/mol. The highest BCUT2D eigenvalue weighted by atomic mass is 16.2. The third-order valence-electron chi connectivity index (χ3n) is 12.8. The van der Waals surface area contributed by atoms with Gasteiger partial charge < -0.3 is 25.8 Å². The first-order valence-corrected chi connectivity index (χ1v) is 20.6. The number of hydrogen-bond donors (Lipinski definition) is 3. The van der Waals surface area contributed by atoms with Gasteiger partial charge in [-0.1, -0.05) is 91.0 Å². The first-order chi connectivity index (χ1) is 27.8. The maximum atomic E-state index is 13.9. The van der Waals surface area contributed by atoms with Crippen molar-refractivity contribution >= 4 is 29.5 Å². The second kappa shape index (κ2) is 15.6. The average molecular weight is 764 g/mol. The minimum Gasteiger partial charge on any atom is -0.352 e. The molecule has 8 atom stereocenters. The Balaban J connectivity index is 0.802. The number of carbonyl (C=O) groups excluding carboxylic acids is 5. The van der Waals surface area contributed by atoms with Gasteiger partial charge in [0, 0.05) is 79.1 Å². The summed E-state index contributed by atoms with van der Waals surface area (Å²) in [6.45, 7) is 1.25. The van der Waals surface area contributed by atoms with E-state index in [4.69, 9.17) is 0 Å². The summed E-state index contributed by atoms with van der Waals surface area (Å²) in [5.74, 6) is -1.35. The highest BCUT2D eigenvalue weighted by Crippen LogP contribution is 2.43. The van der Waals surface area contributed by atoms with Gasteiger partial charge >= 0.3 is 0 Å². The summed E-state index contributed by atoms with van der Waals surface area (Å²) < 4.78 is 0. The summed E-state index contributed by atoms with van der Waals surface area (Å²) in [6, 6.07) is 37.3. The second-order valence-electron chi connectivity index (χ2n) is 16.7. The highest BCUT2D eigenvalue weighted by Gasteiger charge is 2.49. The fourth-order valence-corrected chi connectivity index (χ4v) is 9.12. The topological polar surface area (TPSA) is 128 Å². The molecule has 4 aromatic rings. The van der Waals surface area contributed by atoms with Crippen LogP contribution in [0.5, 0.6) is 0 Å². The Hall–Kier alpha value is -5.77. The molecule has 4 aromatic carbocycles. The van der Waals surface area contributed by atoms with Crippen LogP contribution in [0.2, 0.25) is 0 Å². The van der Waals surface area contributed by atoms with E-state index < -0.39 is 11.8 Å². The molecule has 3 aliphatic carbocycles. The Bertz CT molecular complexity index is 2050. The normalized spacial score (nSPS) is 27.6. The zero-order valence-electron chi connectivity index (χ0n) is 32.0. The molecule has 0 unspecified atom stereocenters. The minimum absolute atomic E-state index is 0.00251. The standard InChI is InChI=1S/C47H49N5O5/c53-43(48-40-24-35(40)29-10-4-1-5-11-29)32-20-22-51(23-21-32)46(56)33-16-18-34(19-17-33)47(57)52-27-38(44(54)49-41-25-36(41)30-12-6-2-7-13-30)39(28-52)45(55)50-42-26-37(42)31-14-8-3-9-15-31/h1-19,32,35-42H,20-28H2,(H,48,53)(H,49,54)(H,50,55)/t35-,36-,37-,38-,39-,40+,41+,42+/m1/s1. The fourth-order valence-electron chi connectivity index (χ4n) is 9.12. The summed E-state index contributed by atoms with van der Waals surface area (Å²) in [5.41, 5.74) is 4.49. The number of amides is 5. The summed E-state index contributed by atoms with van der Waals surface area (Å²) >= 11 is 0. The van der Waals surface area contributed by atoms with Crippen molar-refractivity contribution in [3.63, 3.8) is 0 Å². The van der Waals surface area contributed by atoms with Crippen LogP contribution in [0.4, 0.5) is 0 Å². The van der Waals surface area contributed by atoms with Gasteiger partial charge in [-0.25, -0.2) is 0 Å². The van der Waals surface area contributed by atoms with Gasteiger partial charge in [-0.3, -0.25) is 24.0 Å². The number of benzene rings is 4. The van der Waals surface area contributed by atoms with E-state index in [0.29, 0.717) is 43.0 Å². The lowest BCUT2D eigenvalue weighted by Gasteiger charge is -2.31. The number of likely N-dealkylation sites (tertiary alicyclic amines) is 2. The molecule has 0 bridgehead atoms. The quantitative estimate of drug-likeness (QED) is 0.193. The van der Waals surface area contributed by atoms with Gasteiger partial charge in [-0.15, -0.1) is 0 Å². The number of nitrogens with one attached hydrogen (secondary N) is 3. The SMILES string of the molecule is O=C(N[C@H]1C[C@@H]1c1ccccc1)C1CCN(C(=O)c2ccc(C(=O)N3C[C@@H](C(=O)N[C@H]4C[C@@H]4c4ccccc4)[C@H](C(=O)N[C@H]4C[C@@H]4c4ccccc4)C3)cc2)CC1. The molecular formula is C47H49N5O5. The van der Waals surface area contributed by atoms with Crippen LogP contribution in [-0.2, 0) is 14.4 Å². The van der Waals surface area contributed by atoms with Crippen LogP contribution in [0.1, 0.15) is 87.3 Å². The van der Waals surface area contributed by atoms with E-state index >= 15 is 0 Å². The molecule has 2 heterocycles. The first kappa shape index (κ1) is 36.8. The van der Waals surface area contributed by atoms with E-state index in [1.54, 1.807) is 34.1 Å². The Morgan fingerprint density at radius 2 is 0.789 bits per heavy atom. The Morgan fingerprint density at radius 1 is 0.439 bits per heavy atom. The summed E-state index contributed by atoms with van der Waals surface area (Å²) in [4.78, 5) is 71.5. The van der Waals surface area contributed by atoms with Crippen molar-refractivity contribution in [1.29, 1.82) is 0 Å². The largest absolute Gasteiger partial charge is 0.352 e. The molecule has 3 saturated carbocycles. The summed E-state index contributed by atoms with van der Waals surface area (Å²) in [7, 11) is 0. The molecule has 0 spiro atoms. The molecule has 5 fully saturated rings. The smallest absolute Gasteiger partial charge is 0.253 e. The zero-order valence-corrected chi connectivity index (χ0v) is 32.0. The molecule has 5 aliphatic rings. The molecule has 2 saturated heterocycles. The number of nitrogens with zero attached hydrogens (tertiary/aromatic N) is 2. The Labute approximate surface area is 333 Å². The third kappa shape index (κ3) is 8.08. The van der Waals surface area contributed by atoms with Crippen molar-refractivity contribution in [2.75, 3.05) is 26.2 Å². The van der Waals surface area contributed by atoms with Crippen LogP contribution < -0.4 is 16.0 Å². The van der Waals surface area contributed by atoms with Gasteiger partial charge in [-0.2, -0.15) is 0 Å². The van der Waals surface area contributed by atoms with Gasteiger partial charge in [0.1, 0.15) is 0 Å². The lowest BCUT2D eigenvalue weighted by Crippen LogP contribution is -2.43.